The maximum atomic E-state index is 11.7. The highest BCUT2D eigenvalue weighted by atomic mass is 16.5. The number of hydrogen-bond donors (Lipinski definition) is 0. The maximum Gasteiger partial charge on any atom is 0.331 e. The van der Waals surface area contributed by atoms with Gasteiger partial charge in [0.1, 0.15) is 6.61 Å². The fourth-order valence-electron chi connectivity index (χ4n) is 8.94. The fourth-order valence-corrected chi connectivity index (χ4v) is 8.94. The van der Waals surface area contributed by atoms with Crippen LogP contribution in [-0.4, -0.2) is 12.6 Å². The van der Waals surface area contributed by atoms with Gasteiger partial charge in [-0.25, -0.2) is 4.79 Å². The Balaban J connectivity index is 1.46. The lowest BCUT2D eigenvalue weighted by Crippen LogP contribution is -2.53. The Labute approximate surface area is 159 Å². The molecule has 0 spiro atoms. The lowest BCUT2D eigenvalue weighted by molar-refractivity contribution is -0.135. The van der Waals surface area contributed by atoms with Gasteiger partial charge in [-0.1, -0.05) is 26.7 Å². The molecule has 0 aromatic carbocycles. The molecule has 5 aliphatic rings. The van der Waals surface area contributed by atoms with Gasteiger partial charge in [0.25, 0.3) is 0 Å². The van der Waals surface area contributed by atoms with Crippen molar-refractivity contribution in [3.8, 4) is 0 Å². The van der Waals surface area contributed by atoms with Crippen molar-refractivity contribution in [1.29, 1.82) is 0 Å². The first kappa shape index (κ1) is 17.3. The number of carbonyl (C=O) groups is 1. The van der Waals surface area contributed by atoms with Crippen molar-refractivity contribution in [3.63, 3.8) is 0 Å². The molecule has 144 valence electrons. The molecule has 0 radical (unpaired) electrons. The minimum absolute atomic E-state index is 0.0985. The van der Waals surface area contributed by atoms with E-state index in [0.29, 0.717) is 23.4 Å². The summed E-state index contributed by atoms with van der Waals surface area (Å²) in [5.74, 6) is 4.34. The molecule has 0 amide bonds. The minimum Gasteiger partial charge on any atom is -0.458 e. The van der Waals surface area contributed by atoms with Gasteiger partial charge < -0.3 is 4.74 Å². The zero-order chi connectivity index (χ0) is 17.9. The van der Waals surface area contributed by atoms with Crippen LogP contribution in [-0.2, 0) is 9.53 Å². The van der Waals surface area contributed by atoms with Crippen molar-refractivity contribution < 1.29 is 9.53 Å². The summed E-state index contributed by atoms with van der Waals surface area (Å²) in [4.78, 5) is 11.7. The first-order chi connectivity index (χ1) is 12.6. The van der Waals surface area contributed by atoms with Gasteiger partial charge in [0.15, 0.2) is 0 Å². The largest absolute Gasteiger partial charge is 0.458 e. The van der Waals surface area contributed by atoms with Gasteiger partial charge in [0, 0.05) is 6.08 Å². The van der Waals surface area contributed by atoms with E-state index in [4.69, 9.17) is 4.74 Å². The molecule has 0 aromatic heterocycles. The second-order valence-electron chi connectivity index (χ2n) is 10.5. The van der Waals surface area contributed by atoms with Crippen LogP contribution in [0.1, 0.15) is 84.5 Å². The van der Waals surface area contributed by atoms with Gasteiger partial charge in [-0.05, 0) is 104 Å². The molecule has 4 saturated carbocycles. The SMILES string of the molecule is CC[C@]12CC[C@H]3[C@@H](CCC4CCCC[C@@]43C)[C@H]1CC[C@@H]2C1=CC(=O)OC1. The molecule has 2 nitrogen and oxygen atoms in total. The third-order valence-corrected chi connectivity index (χ3v) is 10.1. The highest BCUT2D eigenvalue weighted by molar-refractivity contribution is 5.85. The summed E-state index contributed by atoms with van der Waals surface area (Å²) in [6.07, 6.45) is 17.6. The van der Waals surface area contributed by atoms with E-state index >= 15 is 0 Å². The predicted molar refractivity (Wildman–Crippen MR) is 103 cm³/mol. The molecule has 26 heavy (non-hydrogen) atoms. The monoisotopic (exact) mass is 356 g/mol. The fraction of sp³-hybridized carbons (Fsp3) is 0.875. The Morgan fingerprint density at radius 3 is 2.69 bits per heavy atom. The molecule has 1 heterocycles. The van der Waals surface area contributed by atoms with Gasteiger partial charge in [-0.15, -0.1) is 0 Å². The first-order valence-corrected chi connectivity index (χ1v) is 11.5. The molecule has 1 aliphatic heterocycles. The number of carbonyl (C=O) groups excluding carboxylic acids is 1. The van der Waals surface area contributed by atoms with Crippen LogP contribution in [0.2, 0.25) is 0 Å². The second-order valence-corrected chi connectivity index (χ2v) is 10.5. The third kappa shape index (κ3) is 2.26. The van der Waals surface area contributed by atoms with Crippen molar-refractivity contribution in [2.45, 2.75) is 84.5 Å². The lowest BCUT2D eigenvalue weighted by Gasteiger charge is -2.61. The summed E-state index contributed by atoms with van der Waals surface area (Å²) in [6, 6.07) is 0. The van der Waals surface area contributed by atoms with Crippen LogP contribution < -0.4 is 0 Å². The standard InChI is InChI=1S/C24H36O2/c1-3-24-13-11-20-18(8-7-17-6-4-5-12-23(17,20)2)21(24)10-9-19(24)16-14-22(25)26-15-16/h14,17-21H,3-13,15H2,1-2H3/t17?,18-,19-,20+,21-,23+,24-/m1/s1. The van der Waals surface area contributed by atoms with Crippen LogP contribution in [0.15, 0.2) is 11.6 Å². The number of esters is 1. The first-order valence-electron chi connectivity index (χ1n) is 11.5. The Morgan fingerprint density at radius 2 is 1.92 bits per heavy atom. The van der Waals surface area contributed by atoms with Crippen molar-refractivity contribution in [3.05, 3.63) is 11.6 Å². The summed E-state index contributed by atoms with van der Waals surface area (Å²) in [6.45, 7) is 5.68. The van der Waals surface area contributed by atoms with Crippen molar-refractivity contribution in [1.82, 2.24) is 0 Å². The van der Waals surface area contributed by atoms with Crippen LogP contribution in [0, 0.1) is 40.4 Å². The van der Waals surface area contributed by atoms with E-state index in [-0.39, 0.29) is 5.97 Å². The predicted octanol–water partition coefficient (Wildman–Crippen LogP) is 5.91. The van der Waals surface area contributed by atoms with Gasteiger partial charge in [0.2, 0.25) is 0 Å². The van der Waals surface area contributed by atoms with E-state index in [9.17, 15) is 4.79 Å². The average molecular weight is 357 g/mol. The zero-order valence-electron chi connectivity index (χ0n) is 16.8. The van der Waals surface area contributed by atoms with Gasteiger partial charge in [0.05, 0.1) is 0 Å². The van der Waals surface area contributed by atoms with E-state index in [1.54, 1.807) is 0 Å². The Morgan fingerprint density at radius 1 is 1.04 bits per heavy atom. The molecule has 0 aromatic rings. The summed E-state index contributed by atoms with van der Waals surface area (Å²) >= 11 is 0. The quantitative estimate of drug-likeness (QED) is 0.575. The molecular weight excluding hydrogens is 320 g/mol. The molecule has 4 fully saturated rings. The average Bonchev–Trinajstić information content (AvgIpc) is 3.24. The molecule has 0 N–H and O–H groups in total. The molecule has 0 saturated heterocycles. The van der Waals surface area contributed by atoms with Crippen molar-refractivity contribution in [2.75, 3.05) is 6.61 Å². The van der Waals surface area contributed by atoms with Crippen LogP contribution in [0.5, 0.6) is 0 Å². The molecule has 4 aliphatic carbocycles. The van der Waals surface area contributed by atoms with E-state index in [2.05, 4.69) is 13.8 Å². The van der Waals surface area contributed by atoms with Crippen LogP contribution >= 0.6 is 0 Å². The second kappa shape index (κ2) is 6.11. The van der Waals surface area contributed by atoms with Gasteiger partial charge in [-0.3, -0.25) is 0 Å². The van der Waals surface area contributed by atoms with Crippen LogP contribution in [0.3, 0.4) is 0 Å². The molecule has 5 rings (SSSR count). The van der Waals surface area contributed by atoms with E-state index < -0.39 is 0 Å². The minimum atomic E-state index is -0.0985. The Kier molecular flexibility index (Phi) is 4.07. The van der Waals surface area contributed by atoms with Gasteiger partial charge in [-0.2, -0.15) is 0 Å². The maximum absolute atomic E-state index is 11.7. The number of rotatable bonds is 2. The molecule has 2 heteroatoms. The summed E-state index contributed by atoms with van der Waals surface area (Å²) in [5, 5.41) is 0. The lowest BCUT2D eigenvalue weighted by atomic mass is 9.44. The highest BCUT2D eigenvalue weighted by Gasteiger charge is 2.61. The van der Waals surface area contributed by atoms with Crippen LogP contribution in [0.4, 0.5) is 0 Å². The Bertz CT molecular complexity index is 622. The zero-order valence-corrected chi connectivity index (χ0v) is 16.8. The summed E-state index contributed by atoms with van der Waals surface area (Å²) < 4.78 is 5.31. The smallest absolute Gasteiger partial charge is 0.331 e. The highest BCUT2D eigenvalue weighted by Crippen LogP contribution is 2.69. The number of hydrogen-bond acceptors (Lipinski definition) is 2. The van der Waals surface area contributed by atoms with Crippen molar-refractivity contribution >= 4 is 5.97 Å². The van der Waals surface area contributed by atoms with E-state index in [0.717, 1.165) is 23.7 Å². The number of ether oxygens (including phenoxy) is 1. The number of cyclic esters (lactones) is 1. The van der Waals surface area contributed by atoms with Crippen molar-refractivity contribution in [2.24, 2.45) is 40.4 Å². The molecule has 1 unspecified atom stereocenters. The van der Waals surface area contributed by atoms with Crippen LogP contribution in [0.25, 0.3) is 0 Å². The topological polar surface area (TPSA) is 26.3 Å². The summed E-state index contributed by atoms with van der Waals surface area (Å²) in [7, 11) is 0. The summed E-state index contributed by atoms with van der Waals surface area (Å²) in [5.41, 5.74) is 2.42. The molecule has 7 atom stereocenters. The molecule has 0 bridgehead atoms. The molecular formula is C24H36O2. The van der Waals surface area contributed by atoms with Gasteiger partial charge >= 0.3 is 5.97 Å². The number of fused-ring (bicyclic) bond motifs is 5. The third-order valence-electron chi connectivity index (χ3n) is 10.1. The van der Waals surface area contributed by atoms with E-state index in [1.807, 2.05) is 6.08 Å². The Hall–Kier alpha value is -0.790. The van der Waals surface area contributed by atoms with E-state index in [1.165, 1.54) is 76.2 Å². The normalized spacial score (nSPS) is 50.5.